The first kappa shape index (κ1) is 19.1. The fraction of sp³-hybridized carbons (Fsp3) is 0.231. The second-order valence-electron chi connectivity index (χ2n) is 4.16. The van der Waals surface area contributed by atoms with Crippen LogP contribution in [-0.4, -0.2) is 21.8 Å². The van der Waals surface area contributed by atoms with E-state index in [9.17, 15) is 4.79 Å². The van der Waals surface area contributed by atoms with Gasteiger partial charge in [0, 0.05) is 29.2 Å². The molecule has 2 aromatic rings. The monoisotopic (exact) mass is 379 g/mol. The summed E-state index contributed by atoms with van der Waals surface area (Å²) < 4.78 is 0.968. The van der Waals surface area contributed by atoms with Crippen LogP contribution in [0.4, 0.5) is 0 Å². The Morgan fingerprint density at radius 1 is 1.40 bits per heavy atom. The van der Waals surface area contributed by atoms with Crippen molar-refractivity contribution in [1.29, 1.82) is 0 Å². The number of rotatable bonds is 5. The summed E-state index contributed by atoms with van der Waals surface area (Å²) in [5, 5.41) is 0. The van der Waals surface area contributed by atoms with E-state index in [1.54, 1.807) is 12.5 Å². The van der Waals surface area contributed by atoms with E-state index in [1.807, 2.05) is 24.3 Å². The van der Waals surface area contributed by atoms with E-state index in [2.05, 4.69) is 25.9 Å². The molecule has 0 bridgehead atoms. The molecule has 0 radical (unpaired) electrons. The van der Waals surface area contributed by atoms with E-state index in [-0.39, 0.29) is 30.6 Å². The SMILES string of the molecule is Cl.Cl.N[C@@H](Cc1cnc[nH]1)C(=O)Cc1cccc(Br)c1. The molecule has 0 spiro atoms. The molecule has 0 amide bonds. The fourth-order valence-corrected chi connectivity index (χ4v) is 2.17. The molecular weight excluding hydrogens is 365 g/mol. The molecule has 0 unspecified atom stereocenters. The number of carbonyl (C=O) groups is 1. The maximum Gasteiger partial charge on any atom is 0.154 e. The van der Waals surface area contributed by atoms with Crippen LogP contribution in [0.3, 0.4) is 0 Å². The molecule has 1 heterocycles. The van der Waals surface area contributed by atoms with Crippen LogP contribution in [0.1, 0.15) is 11.3 Å². The van der Waals surface area contributed by atoms with Crippen molar-refractivity contribution in [3.05, 3.63) is 52.5 Å². The summed E-state index contributed by atoms with van der Waals surface area (Å²) >= 11 is 3.38. The Bertz CT molecular complexity index is 534. The average Bonchev–Trinajstić information content (AvgIpc) is 2.81. The molecule has 0 fully saturated rings. The van der Waals surface area contributed by atoms with Crippen molar-refractivity contribution in [2.75, 3.05) is 0 Å². The number of Topliss-reactive ketones (excluding diaryl/α,β-unsaturated/α-hetero) is 1. The minimum atomic E-state index is -0.496. The van der Waals surface area contributed by atoms with Gasteiger partial charge in [0.1, 0.15) is 0 Å². The summed E-state index contributed by atoms with van der Waals surface area (Å²) in [4.78, 5) is 18.8. The number of imidazole rings is 1. The molecule has 0 saturated heterocycles. The van der Waals surface area contributed by atoms with Crippen LogP contribution in [0.5, 0.6) is 0 Å². The first-order chi connectivity index (χ1) is 8.65. The van der Waals surface area contributed by atoms with Crippen molar-refractivity contribution in [2.45, 2.75) is 18.9 Å². The lowest BCUT2D eigenvalue weighted by molar-refractivity contribution is -0.119. The number of hydrogen-bond donors (Lipinski definition) is 2. The molecule has 20 heavy (non-hydrogen) atoms. The highest BCUT2D eigenvalue weighted by Crippen LogP contribution is 2.13. The predicted molar refractivity (Wildman–Crippen MR) is 87.6 cm³/mol. The second-order valence-corrected chi connectivity index (χ2v) is 5.08. The van der Waals surface area contributed by atoms with Gasteiger partial charge < -0.3 is 10.7 Å². The fourth-order valence-electron chi connectivity index (χ4n) is 1.73. The van der Waals surface area contributed by atoms with E-state index < -0.39 is 6.04 Å². The molecule has 7 heteroatoms. The predicted octanol–water partition coefficient (Wildman–Crippen LogP) is 2.70. The smallest absolute Gasteiger partial charge is 0.154 e. The van der Waals surface area contributed by atoms with Crippen molar-refractivity contribution in [3.63, 3.8) is 0 Å². The summed E-state index contributed by atoms with van der Waals surface area (Å²) in [5.74, 6) is 0.0303. The van der Waals surface area contributed by atoms with Crippen LogP contribution in [-0.2, 0) is 17.6 Å². The van der Waals surface area contributed by atoms with Gasteiger partial charge in [0.15, 0.2) is 5.78 Å². The maximum absolute atomic E-state index is 12.0. The third-order valence-corrected chi connectivity index (χ3v) is 3.17. The number of H-pyrrole nitrogens is 1. The standard InChI is InChI=1S/C13H14BrN3O.2ClH/c14-10-3-1-2-9(4-10)5-13(18)12(15)6-11-7-16-8-17-11;;/h1-4,7-8,12H,5-6,15H2,(H,16,17);2*1H/t12-;;/m0../s1. The highest BCUT2D eigenvalue weighted by atomic mass is 79.9. The normalized spacial score (nSPS) is 11.1. The van der Waals surface area contributed by atoms with Crippen LogP contribution in [0.25, 0.3) is 0 Å². The molecular formula is C13H16BrCl2N3O. The number of hydrogen-bond acceptors (Lipinski definition) is 3. The van der Waals surface area contributed by atoms with E-state index in [4.69, 9.17) is 5.73 Å². The van der Waals surface area contributed by atoms with Crippen molar-refractivity contribution < 1.29 is 4.79 Å². The van der Waals surface area contributed by atoms with Gasteiger partial charge in [-0.2, -0.15) is 0 Å². The number of ketones is 1. The lowest BCUT2D eigenvalue weighted by atomic mass is 10.0. The number of nitrogens with zero attached hydrogens (tertiary/aromatic N) is 1. The van der Waals surface area contributed by atoms with Crippen LogP contribution in [0.15, 0.2) is 41.3 Å². The van der Waals surface area contributed by atoms with Gasteiger partial charge in [-0.15, -0.1) is 24.8 Å². The van der Waals surface area contributed by atoms with Gasteiger partial charge in [-0.05, 0) is 17.7 Å². The van der Waals surface area contributed by atoms with Gasteiger partial charge in [0.2, 0.25) is 0 Å². The van der Waals surface area contributed by atoms with Gasteiger partial charge in [-0.3, -0.25) is 4.79 Å². The molecule has 0 saturated carbocycles. The number of nitrogens with two attached hydrogens (primary N) is 1. The lowest BCUT2D eigenvalue weighted by Gasteiger charge is -2.09. The molecule has 3 N–H and O–H groups in total. The molecule has 2 rings (SSSR count). The van der Waals surface area contributed by atoms with Crippen LogP contribution >= 0.6 is 40.7 Å². The van der Waals surface area contributed by atoms with Crippen molar-refractivity contribution in [1.82, 2.24) is 9.97 Å². The third kappa shape index (κ3) is 5.63. The van der Waals surface area contributed by atoms with Gasteiger partial charge >= 0.3 is 0 Å². The van der Waals surface area contributed by atoms with Crippen molar-refractivity contribution in [3.8, 4) is 0 Å². The van der Waals surface area contributed by atoms with E-state index in [0.717, 1.165) is 15.7 Å². The Kier molecular flexibility index (Phi) is 8.73. The van der Waals surface area contributed by atoms with Crippen molar-refractivity contribution in [2.24, 2.45) is 5.73 Å². The number of carbonyl (C=O) groups excluding carboxylic acids is 1. The second kappa shape index (κ2) is 9.13. The topological polar surface area (TPSA) is 71.8 Å². The Morgan fingerprint density at radius 2 is 2.15 bits per heavy atom. The van der Waals surface area contributed by atoms with Crippen LogP contribution in [0.2, 0.25) is 0 Å². The Morgan fingerprint density at radius 3 is 2.75 bits per heavy atom. The molecule has 110 valence electrons. The van der Waals surface area contributed by atoms with E-state index in [0.29, 0.717) is 12.8 Å². The van der Waals surface area contributed by atoms with Gasteiger partial charge in [-0.25, -0.2) is 4.98 Å². The Labute approximate surface area is 138 Å². The van der Waals surface area contributed by atoms with Gasteiger partial charge in [0.25, 0.3) is 0 Å². The van der Waals surface area contributed by atoms with Crippen LogP contribution < -0.4 is 5.73 Å². The molecule has 1 aromatic carbocycles. The highest BCUT2D eigenvalue weighted by molar-refractivity contribution is 9.10. The van der Waals surface area contributed by atoms with E-state index in [1.165, 1.54) is 0 Å². The third-order valence-electron chi connectivity index (χ3n) is 2.68. The summed E-state index contributed by atoms with van der Waals surface area (Å²) in [7, 11) is 0. The highest BCUT2D eigenvalue weighted by Gasteiger charge is 2.15. The number of nitrogens with one attached hydrogen (secondary N) is 1. The number of aromatic amines is 1. The maximum atomic E-state index is 12.0. The zero-order valence-corrected chi connectivity index (χ0v) is 13.8. The largest absolute Gasteiger partial charge is 0.348 e. The van der Waals surface area contributed by atoms with Gasteiger partial charge in [0.05, 0.1) is 12.4 Å². The quantitative estimate of drug-likeness (QED) is 0.837. The average molecular weight is 381 g/mol. The van der Waals surface area contributed by atoms with E-state index >= 15 is 0 Å². The molecule has 1 aromatic heterocycles. The zero-order valence-electron chi connectivity index (χ0n) is 10.6. The summed E-state index contributed by atoms with van der Waals surface area (Å²) in [6, 6.07) is 7.20. The minimum Gasteiger partial charge on any atom is -0.348 e. The number of halogens is 3. The lowest BCUT2D eigenvalue weighted by Crippen LogP contribution is -2.34. The Balaban J connectivity index is 0.00000180. The van der Waals surface area contributed by atoms with Gasteiger partial charge in [-0.1, -0.05) is 28.1 Å². The molecule has 0 aliphatic heterocycles. The first-order valence-corrected chi connectivity index (χ1v) is 6.44. The first-order valence-electron chi connectivity index (χ1n) is 5.65. The van der Waals surface area contributed by atoms with Crippen molar-refractivity contribution >= 4 is 46.5 Å². The zero-order chi connectivity index (χ0) is 13.0. The molecule has 0 aliphatic rings. The molecule has 0 aliphatic carbocycles. The number of benzene rings is 1. The minimum absolute atomic E-state index is 0. The summed E-state index contributed by atoms with van der Waals surface area (Å²) in [6.45, 7) is 0. The Hall–Kier alpha value is -0.880. The molecule has 1 atom stereocenters. The number of aromatic nitrogens is 2. The summed E-state index contributed by atoms with van der Waals surface area (Å²) in [6.07, 6.45) is 4.12. The van der Waals surface area contributed by atoms with Crippen LogP contribution in [0, 0.1) is 0 Å². The molecule has 4 nitrogen and oxygen atoms in total. The summed E-state index contributed by atoms with van der Waals surface area (Å²) in [5.41, 5.74) is 7.73.